The first kappa shape index (κ1) is 12.1. The van der Waals surface area contributed by atoms with Crippen molar-refractivity contribution in [3.8, 4) is 0 Å². The Morgan fingerprint density at radius 3 is 2.06 bits per heavy atom. The van der Waals surface area contributed by atoms with Crippen LogP contribution in [0.5, 0.6) is 0 Å². The zero-order chi connectivity index (χ0) is 12.5. The minimum atomic E-state index is -1.51. The second-order valence-corrected chi connectivity index (χ2v) is 4.59. The molecule has 0 unspecified atom stereocenters. The highest BCUT2D eigenvalue weighted by Crippen LogP contribution is 2.41. The van der Waals surface area contributed by atoms with Gasteiger partial charge in [-0.1, -0.05) is 37.1 Å². The third-order valence-corrected chi connectivity index (χ3v) is 3.63. The summed E-state index contributed by atoms with van der Waals surface area (Å²) in [7, 11) is -1.51. The van der Waals surface area contributed by atoms with Crippen LogP contribution in [0.3, 0.4) is 0 Å². The minimum Gasteiger partial charge on any atom is -0.481 e. The Morgan fingerprint density at radius 2 is 1.65 bits per heavy atom. The van der Waals surface area contributed by atoms with Crippen molar-refractivity contribution in [1.82, 2.24) is 0 Å². The molecule has 4 nitrogen and oxygen atoms in total. The van der Waals surface area contributed by atoms with Crippen LogP contribution < -0.4 is 5.46 Å². The highest BCUT2D eigenvalue weighted by atomic mass is 16.4. The fraction of sp³-hybridized carbons (Fsp3) is 0.417. The van der Waals surface area contributed by atoms with Crippen LogP contribution in [0.4, 0.5) is 0 Å². The molecule has 1 aromatic rings. The molecule has 0 aromatic heterocycles. The summed E-state index contributed by atoms with van der Waals surface area (Å²) in [6, 6.07) is 6.52. The van der Waals surface area contributed by atoms with Gasteiger partial charge in [0.25, 0.3) is 0 Å². The average Bonchev–Trinajstić information content (AvgIpc) is 2.79. The molecule has 5 heteroatoms. The van der Waals surface area contributed by atoms with Gasteiger partial charge in [-0.3, -0.25) is 4.79 Å². The van der Waals surface area contributed by atoms with Crippen molar-refractivity contribution in [2.75, 3.05) is 0 Å². The topological polar surface area (TPSA) is 77.8 Å². The van der Waals surface area contributed by atoms with Crippen molar-refractivity contribution < 1.29 is 19.9 Å². The molecule has 1 aromatic carbocycles. The first-order chi connectivity index (χ1) is 8.06. The van der Waals surface area contributed by atoms with Gasteiger partial charge < -0.3 is 15.2 Å². The van der Waals surface area contributed by atoms with Gasteiger partial charge >= 0.3 is 13.1 Å². The average molecular weight is 234 g/mol. The zero-order valence-electron chi connectivity index (χ0n) is 9.47. The van der Waals surface area contributed by atoms with Gasteiger partial charge in [-0.25, -0.2) is 0 Å². The third kappa shape index (κ3) is 2.08. The number of aliphatic carboxylic acids is 1. The Bertz CT molecular complexity index is 407. The Hall–Kier alpha value is -1.33. The predicted octanol–water partition coefficient (Wildman–Crippen LogP) is 0.263. The summed E-state index contributed by atoms with van der Waals surface area (Å²) >= 11 is 0. The van der Waals surface area contributed by atoms with Crippen molar-refractivity contribution in [2.24, 2.45) is 0 Å². The predicted molar refractivity (Wildman–Crippen MR) is 64.0 cm³/mol. The monoisotopic (exact) mass is 234 g/mol. The molecular formula is C12H15BO4. The van der Waals surface area contributed by atoms with E-state index in [2.05, 4.69) is 0 Å². The van der Waals surface area contributed by atoms with E-state index in [9.17, 15) is 9.90 Å². The van der Waals surface area contributed by atoms with E-state index in [-0.39, 0.29) is 0 Å². The Labute approximate surface area is 100 Å². The van der Waals surface area contributed by atoms with Crippen LogP contribution in [0.15, 0.2) is 24.3 Å². The second-order valence-electron chi connectivity index (χ2n) is 4.59. The molecule has 17 heavy (non-hydrogen) atoms. The molecule has 0 atom stereocenters. The summed E-state index contributed by atoms with van der Waals surface area (Å²) in [6.07, 6.45) is 3.17. The molecule has 3 N–H and O–H groups in total. The SMILES string of the molecule is O=C(O)C1(c2ccc(B(O)O)cc2)CCCC1. The van der Waals surface area contributed by atoms with Crippen LogP contribution in [-0.4, -0.2) is 28.2 Å². The van der Waals surface area contributed by atoms with Gasteiger partial charge in [-0.2, -0.15) is 0 Å². The summed E-state index contributed by atoms with van der Waals surface area (Å²) in [5, 5.41) is 27.4. The number of carboxylic acids is 1. The first-order valence-electron chi connectivity index (χ1n) is 5.76. The number of hydrogen-bond acceptors (Lipinski definition) is 3. The van der Waals surface area contributed by atoms with Crippen LogP contribution in [0, 0.1) is 0 Å². The van der Waals surface area contributed by atoms with Gasteiger partial charge in [0.15, 0.2) is 0 Å². The van der Waals surface area contributed by atoms with E-state index < -0.39 is 18.5 Å². The summed E-state index contributed by atoms with van der Waals surface area (Å²) in [4.78, 5) is 11.4. The summed E-state index contributed by atoms with van der Waals surface area (Å²) < 4.78 is 0. The van der Waals surface area contributed by atoms with Gasteiger partial charge in [0.1, 0.15) is 0 Å². The molecule has 1 aliphatic carbocycles. The fourth-order valence-electron chi connectivity index (χ4n) is 2.58. The summed E-state index contributed by atoms with van der Waals surface area (Å²) in [6.45, 7) is 0. The van der Waals surface area contributed by atoms with Crippen molar-refractivity contribution in [3.05, 3.63) is 29.8 Å². The molecule has 1 saturated carbocycles. The standard InChI is InChI=1S/C12H15BO4/c14-11(15)12(7-1-2-8-12)9-3-5-10(6-4-9)13(16)17/h3-6,16-17H,1-2,7-8H2,(H,14,15). The maximum absolute atomic E-state index is 11.4. The molecule has 2 rings (SSSR count). The smallest absolute Gasteiger partial charge is 0.481 e. The molecular weight excluding hydrogens is 219 g/mol. The number of carbonyl (C=O) groups is 1. The number of benzene rings is 1. The lowest BCUT2D eigenvalue weighted by Gasteiger charge is -2.24. The number of hydrogen-bond donors (Lipinski definition) is 3. The Morgan fingerprint density at radius 1 is 1.12 bits per heavy atom. The Kier molecular flexibility index (Phi) is 3.22. The summed E-state index contributed by atoms with van der Waals surface area (Å²) in [5.41, 5.74) is 0.359. The number of carboxylic acid groups (broad SMARTS) is 1. The molecule has 0 aliphatic heterocycles. The lowest BCUT2D eigenvalue weighted by atomic mass is 9.75. The molecule has 0 heterocycles. The van der Waals surface area contributed by atoms with E-state index >= 15 is 0 Å². The van der Waals surface area contributed by atoms with Crippen LogP contribution in [-0.2, 0) is 10.2 Å². The van der Waals surface area contributed by atoms with Crippen LogP contribution in [0.1, 0.15) is 31.2 Å². The second kappa shape index (κ2) is 4.51. The maximum atomic E-state index is 11.4. The minimum absolute atomic E-state index is 0.382. The normalized spacial score (nSPS) is 18.0. The number of rotatable bonds is 3. The maximum Gasteiger partial charge on any atom is 0.488 e. The molecule has 90 valence electrons. The molecule has 0 amide bonds. The van der Waals surface area contributed by atoms with Gasteiger partial charge in [0, 0.05) is 0 Å². The first-order valence-corrected chi connectivity index (χ1v) is 5.76. The molecule has 0 bridgehead atoms. The quantitative estimate of drug-likeness (QED) is 0.655. The molecule has 0 radical (unpaired) electrons. The highest BCUT2D eigenvalue weighted by Gasteiger charge is 2.42. The highest BCUT2D eigenvalue weighted by molar-refractivity contribution is 6.58. The zero-order valence-corrected chi connectivity index (χ0v) is 9.47. The van der Waals surface area contributed by atoms with E-state index in [1.807, 2.05) is 0 Å². The van der Waals surface area contributed by atoms with Crippen LogP contribution in [0.25, 0.3) is 0 Å². The molecule has 1 aliphatic rings. The lowest BCUT2D eigenvalue weighted by molar-refractivity contribution is -0.143. The van der Waals surface area contributed by atoms with Crippen molar-refractivity contribution >= 4 is 18.6 Å². The Balaban J connectivity index is 2.35. The van der Waals surface area contributed by atoms with Crippen LogP contribution in [0.2, 0.25) is 0 Å². The van der Waals surface area contributed by atoms with Crippen molar-refractivity contribution in [2.45, 2.75) is 31.1 Å². The van der Waals surface area contributed by atoms with Crippen LogP contribution >= 0.6 is 0 Å². The van der Waals surface area contributed by atoms with Gasteiger partial charge in [0.05, 0.1) is 5.41 Å². The largest absolute Gasteiger partial charge is 0.488 e. The van der Waals surface area contributed by atoms with Crippen molar-refractivity contribution in [1.29, 1.82) is 0 Å². The lowest BCUT2D eigenvalue weighted by Crippen LogP contribution is -2.34. The van der Waals surface area contributed by atoms with Gasteiger partial charge in [0.2, 0.25) is 0 Å². The van der Waals surface area contributed by atoms with E-state index in [1.165, 1.54) is 0 Å². The van der Waals surface area contributed by atoms with E-state index in [1.54, 1.807) is 24.3 Å². The third-order valence-electron chi connectivity index (χ3n) is 3.63. The fourth-order valence-corrected chi connectivity index (χ4v) is 2.58. The van der Waals surface area contributed by atoms with E-state index in [0.717, 1.165) is 18.4 Å². The van der Waals surface area contributed by atoms with Crippen molar-refractivity contribution in [3.63, 3.8) is 0 Å². The van der Waals surface area contributed by atoms with Gasteiger partial charge in [-0.15, -0.1) is 0 Å². The van der Waals surface area contributed by atoms with E-state index in [4.69, 9.17) is 10.0 Å². The molecule has 0 saturated heterocycles. The van der Waals surface area contributed by atoms with Gasteiger partial charge in [-0.05, 0) is 23.9 Å². The van der Waals surface area contributed by atoms with E-state index in [0.29, 0.717) is 18.3 Å². The molecule has 0 spiro atoms. The molecule has 1 fully saturated rings. The summed E-state index contributed by atoms with van der Waals surface area (Å²) in [5.74, 6) is -0.785.